The molecule has 6 nitrogen and oxygen atoms in total. The Labute approximate surface area is 145 Å². The third-order valence-electron chi connectivity index (χ3n) is 3.98. The van der Waals surface area contributed by atoms with E-state index < -0.39 is 0 Å². The fraction of sp³-hybridized carbons (Fsp3) is 0.412. The Bertz CT molecular complexity index is 639. The summed E-state index contributed by atoms with van der Waals surface area (Å²) in [5.74, 6) is 0. The summed E-state index contributed by atoms with van der Waals surface area (Å²) in [5, 5.41) is 8.29. The lowest BCUT2D eigenvalue weighted by atomic mass is 10.0. The van der Waals surface area contributed by atoms with Gasteiger partial charge >= 0.3 is 6.03 Å². The van der Waals surface area contributed by atoms with Crippen LogP contribution >= 0.6 is 11.3 Å². The third kappa shape index (κ3) is 4.77. The molecule has 1 aliphatic heterocycles. The van der Waals surface area contributed by atoms with Crippen LogP contribution in [0, 0.1) is 6.92 Å². The van der Waals surface area contributed by atoms with Crippen LogP contribution in [0.2, 0.25) is 0 Å². The molecule has 1 saturated heterocycles. The van der Waals surface area contributed by atoms with Crippen molar-refractivity contribution in [2.24, 2.45) is 0 Å². The van der Waals surface area contributed by atoms with Gasteiger partial charge in [0, 0.05) is 31.2 Å². The maximum atomic E-state index is 12.3. The number of aromatic nitrogens is 1. The molecule has 1 aromatic carbocycles. The second kappa shape index (κ2) is 8.23. The molecule has 7 heteroatoms. The first-order valence-corrected chi connectivity index (χ1v) is 8.92. The Hall–Kier alpha value is -1.96. The standard InChI is InChI=1S/C17H22N4O2S/c1-13-2-4-14(5-3-13)15(12-21-7-9-23-10-8-21)19-16(22)20-17-18-6-11-24-17/h2-6,11,15H,7-10,12H2,1H3,(H2,18,19,20,22). The van der Waals surface area contributed by atoms with Gasteiger partial charge in [0.2, 0.25) is 0 Å². The quantitative estimate of drug-likeness (QED) is 0.873. The molecule has 1 aromatic heterocycles. The van der Waals surface area contributed by atoms with Gasteiger partial charge in [0.1, 0.15) is 0 Å². The molecule has 1 fully saturated rings. The molecule has 2 aromatic rings. The van der Waals surface area contributed by atoms with Gasteiger partial charge in [0.15, 0.2) is 5.13 Å². The molecule has 0 radical (unpaired) electrons. The molecule has 128 valence electrons. The Morgan fingerprint density at radius 3 is 2.75 bits per heavy atom. The number of nitrogens with one attached hydrogen (secondary N) is 2. The monoisotopic (exact) mass is 346 g/mol. The molecule has 0 bridgehead atoms. The van der Waals surface area contributed by atoms with E-state index in [1.165, 1.54) is 16.9 Å². The van der Waals surface area contributed by atoms with Crippen molar-refractivity contribution in [3.05, 3.63) is 47.0 Å². The van der Waals surface area contributed by atoms with Crippen molar-refractivity contribution < 1.29 is 9.53 Å². The van der Waals surface area contributed by atoms with Crippen molar-refractivity contribution in [1.82, 2.24) is 15.2 Å². The van der Waals surface area contributed by atoms with Crippen molar-refractivity contribution in [1.29, 1.82) is 0 Å². The molecule has 2 amide bonds. The highest BCUT2D eigenvalue weighted by Crippen LogP contribution is 2.17. The smallest absolute Gasteiger partial charge is 0.321 e. The van der Waals surface area contributed by atoms with Crippen LogP contribution in [0.15, 0.2) is 35.8 Å². The van der Waals surface area contributed by atoms with Gasteiger partial charge in [0.25, 0.3) is 0 Å². The van der Waals surface area contributed by atoms with Crippen LogP contribution in [-0.4, -0.2) is 48.8 Å². The molecule has 2 N–H and O–H groups in total. The highest BCUT2D eigenvalue weighted by atomic mass is 32.1. The summed E-state index contributed by atoms with van der Waals surface area (Å²) < 4.78 is 5.41. The minimum absolute atomic E-state index is 0.0799. The van der Waals surface area contributed by atoms with Gasteiger partial charge in [-0.05, 0) is 12.5 Å². The van der Waals surface area contributed by atoms with Gasteiger partial charge in [-0.2, -0.15) is 0 Å². The third-order valence-corrected chi connectivity index (χ3v) is 4.67. The first-order chi connectivity index (χ1) is 11.7. The van der Waals surface area contributed by atoms with E-state index in [-0.39, 0.29) is 12.1 Å². The topological polar surface area (TPSA) is 66.5 Å². The van der Waals surface area contributed by atoms with Gasteiger partial charge in [-0.1, -0.05) is 29.8 Å². The van der Waals surface area contributed by atoms with E-state index >= 15 is 0 Å². The fourth-order valence-corrected chi connectivity index (χ4v) is 3.18. The molecule has 1 atom stereocenters. The Morgan fingerprint density at radius 2 is 2.08 bits per heavy atom. The Kier molecular flexibility index (Phi) is 5.79. The molecule has 0 spiro atoms. The van der Waals surface area contributed by atoms with Crippen molar-refractivity contribution in [3.8, 4) is 0 Å². The van der Waals surface area contributed by atoms with Crippen LogP contribution in [0.5, 0.6) is 0 Å². The normalized spacial score (nSPS) is 16.5. The summed E-state index contributed by atoms with van der Waals surface area (Å²) >= 11 is 1.40. The average molecular weight is 346 g/mol. The maximum Gasteiger partial charge on any atom is 0.321 e. The summed E-state index contributed by atoms with van der Waals surface area (Å²) in [6.07, 6.45) is 1.67. The minimum Gasteiger partial charge on any atom is -0.379 e. The average Bonchev–Trinajstić information content (AvgIpc) is 3.09. The van der Waals surface area contributed by atoms with E-state index in [0.717, 1.165) is 38.4 Å². The first-order valence-electron chi connectivity index (χ1n) is 8.04. The minimum atomic E-state index is -0.233. The van der Waals surface area contributed by atoms with Crippen LogP contribution in [0.25, 0.3) is 0 Å². The van der Waals surface area contributed by atoms with E-state index in [1.54, 1.807) is 6.20 Å². The largest absolute Gasteiger partial charge is 0.379 e. The number of urea groups is 1. The van der Waals surface area contributed by atoms with Gasteiger partial charge in [-0.15, -0.1) is 11.3 Å². The zero-order valence-corrected chi connectivity index (χ0v) is 14.5. The SMILES string of the molecule is Cc1ccc(C(CN2CCOCC2)NC(=O)Nc2nccs2)cc1. The lowest BCUT2D eigenvalue weighted by Gasteiger charge is -2.31. The summed E-state index contributed by atoms with van der Waals surface area (Å²) in [5.41, 5.74) is 2.30. The highest BCUT2D eigenvalue weighted by Gasteiger charge is 2.20. The summed E-state index contributed by atoms with van der Waals surface area (Å²) in [6, 6.07) is 7.98. The zero-order valence-electron chi connectivity index (χ0n) is 13.7. The molecule has 24 heavy (non-hydrogen) atoms. The van der Waals surface area contributed by atoms with Gasteiger partial charge in [0.05, 0.1) is 19.3 Å². The van der Waals surface area contributed by atoms with Crippen LogP contribution < -0.4 is 10.6 Å². The van der Waals surface area contributed by atoms with Crippen LogP contribution in [0.1, 0.15) is 17.2 Å². The van der Waals surface area contributed by atoms with Crippen LogP contribution in [0.4, 0.5) is 9.93 Å². The Balaban J connectivity index is 1.68. The predicted octanol–water partition coefficient (Wildman–Crippen LogP) is 2.65. The van der Waals surface area contributed by atoms with E-state index in [9.17, 15) is 4.79 Å². The van der Waals surface area contributed by atoms with Crippen LogP contribution in [-0.2, 0) is 4.74 Å². The molecule has 3 rings (SSSR count). The molecule has 2 heterocycles. The van der Waals surface area contributed by atoms with E-state index in [4.69, 9.17) is 4.74 Å². The van der Waals surface area contributed by atoms with Gasteiger partial charge in [-0.3, -0.25) is 10.2 Å². The van der Waals surface area contributed by atoms with Crippen molar-refractivity contribution in [2.75, 3.05) is 38.2 Å². The van der Waals surface area contributed by atoms with Crippen molar-refractivity contribution in [3.63, 3.8) is 0 Å². The van der Waals surface area contributed by atoms with Crippen molar-refractivity contribution >= 4 is 22.5 Å². The predicted molar refractivity (Wildman–Crippen MR) is 95.4 cm³/mol. The van der Waals surface area contributed by atoms with Gasteiger partial charge < -0.3 is 10.1 Å². The van der Waals surface area contributed by atoms with Crippen LogP contribution in [0.3, 0.4) is 0 Å². The number of amides is 2. The number of hydrogen-bond acceptors (Lipinski definition) is 5. The Morgan fingerprint density at radius 1 is 1.33 bits per heavy atom. The number of benzene rings is 1. The highest BCUT2D eigenvalue weighted by molar-refractivity contribution is 7.13. The summed E-state index contributed by atoms with van der Waals surface area (Å²) in [7, 11) is 0. The maximum absolute atomic E-state index is 12.3. The van der Waals surface area contributed by atoms with Crippen molar-refractivity contribution in [2.45, 2.75) is 13.0 Å². The first kappa shape index (κ1) is 16.9. The molecule has 1 unspecified atom stereocenters. The number of aryl methyl sites for hydroxylation is 1. The number of rotatable bonds is 5. The number of thiazole rings is 1. The number of carbonyl (C=O) groups excluding carboxylic acids is 1. The number of carbonyl (C=O) groups is 1. The number of nitrogens with zero attached hydrogens (tertiary/aromatic N) is 2. The number of ether oxygens (including phenoxy) is 1. The van der Waals surface area contributed by atoms with E-state index in [0.29, 0.717) is 5.13 Å². The lowest BCUT2D eigenvalue weighted by Crippen LogP contribution is -2.44. The molecular weight excluding hydrogens is 324 g/mol. The summed E-state index contributed by atoms with van der Waals surface area (Å²) in [4.78, 5) is 18.7. The number of hydrogen-bond donors (Lipinski definition) is 2. The lowest BCUT2D eigenvalue weighted by molar-refractivity contribution is 0.0340. The second-order valence-corrected chi connectivity index (χ2v) is 6.71. The molecular formula is C17H22N4O2S. The van der Waals surface area contributed by atoms with Gasteiger partial charge in [-0.25, -0.2) is 9.78 Å². The number of morpholine rings is 1. The van der Waals surface area contributed by atoms with E-state index in [1.807, 2.05) is 5.38 Å². The molecule has 0 saturated carbocycles. The molecule has 0 aliphatic carbocycles. The van der Waals surface area contributed by atoms with E-state index in [2.05, 4.69) is 51.7 Å². The fourth-order valence-electron chi connectivity index (χ4n) is 2.65. The number of anilines is 1. The summed E-state index contributed by atoms with van der Waals surface area (Å²) in [6.45, 7) is 6.08. The zero-order chi connectivity index (χ0) is 16.8. The second-order valence-electron chi connectivity index (χ2n) is 5.81. The molecule has 1 aliphatic rings.